The molecule has 1 aromatic carbocycles. The minimum absolute atomic E-state index is 0.0955. The molecule has 1 saturated heterocycles. The van der Waals surface area contributed by atoms with Crippen LogP contribution in [-0.4, -0.2) is 46.9 Å². The van der Waals surface area contributed by atoms with Crippen LogP contribution in [0.2, 0.25) is 0 Å². The van der Waals surface area contributed by atoms with Crippen LogP contribution < -0.4 is 5.73 Å². The van der Waals surface area contributed by atoms with Gasteiger partial charge in [0.05, 0.1) is 6.04 Å². The minimum Gasteiger partial charge on any atom is -0.337 e. The molecule has 0 saturated carbocycles. The molecular formula is C19H31N3O. The maximum absolute atomic E-state index is 12.4. The average molecular weight is 317 g/mol. The molecule has 0 unspecified atom stereocenters. The second-order valence-electron chi connectivity index (χ2n) is 6.98. The van der Waals surface area contributed by atoms with Crippen LogP contribution in [-0.2, 0) is 11.3 Å². The minimum atomic E-state index is -0.405. The van der Waals surface area contributed by atoms with Crippen LogP contribution in [0.25, 0.3) is 0 Å². The van der Waals surface area contributed by atoms with Gasteiger partial charge in [-0.25, -0.2) is 0 Å². The highest BCUT2D eigenvalue weighted by Crippen LogP contribution is 2.21. The highest BCUT2D eigenvalue weighted by Gasteiger charge is 2.30. The molecule has 1 amide bonds. The normalized spacial score (nSPS) is 20.1. The summed E-state index contributed by atoms with van der Waals surface area (Å²) >= 11 is 0. The van der Waals surface area contributed by atoms with E-state index in [1.165, 1.54) is 12.0 Å². The zero-order valence-corrected chi connectivity index (χ0v) is 14.7. The molecular weight excluding hydrogens is 286 g/mol. The fourth-order valence-electron chi connectivity index (χ4n) is 3.29. The molecule has 2 N–H and O–H groups in total. The first-order chi connectivity index (χ1) is 11.0. The van der Waals surface area contributed by atoms with Crippen LogP contribution in [0.15, 0.2) is 30.3 Å². The van der Waals surface area contributed by atoms with E-state index < -0.39 is 6.04 Å². The summed E-state index contributed by atoms with van der Waals surface area (Å²) in [7, 11) is 0. The molecule has 2 atom stereocenters. The van der Waals surface area contributed by atoms with Crippen molar-refractivity contribution >= 4 is 5.91 Å². The van der Waals surface area contributed by atoms with Gasteiger partial charge in [-0.05, 0) is 45.6 Å². The number of likely N-dealkylation sites (tertiary alicyclic amines) is 1. The molecule has 1 aromatic rings. The van der Waals surface area contributed by atoms with Crippen LogP contribution in [0, 0.1) is 0 Å². The number of hydrogen-bond acceptors (Lipinski definition) is 3. The number of nitrogens with zero attached hydrogens (tertiary/aromatic N) is 2. The quantitative estimate of drug-likeness (QED) is 0.877. The van der Waals surface area contributed by atoms with Crippen molar-refractivity contribution in [1.29, 1.82) is 0 Å². The molecule has 1 fully saturated rings. The third-order valence-electron chi connectivity index (χ3n) is 4.70. The smallest absolute Gasteiger partial charge is 0.239 e. The van der Waals surface area contributed by atoms with Gasteiger partial charge in [-0.3, -0.25) is 9.69 Å². The lowest BCUT2D eigenvalue weighted by Gasteiger charge is -2.40. The Morgan fingerprint density at radius 1 is 1.26 bits per heavy atom. The number of amides is 1. The molecule has 0 radical (unpaired) electrons. The van der Waals surface area contributed by atoms with Gasteiger partial charge >= 0.3 is 0 Å². The number of benzene rings is 1. The number of carbonyl (C=O) groups is 1. The van der Waals surface area contributed by atoms with Crippen molar-refractivity contribution in [3.63, 3.8) is 0 Å². The largest absolute Gasteiger partial charge is 0.337 e. The van der Waals surface area contributed by atoms with Crippen molar-refractivity contribution in [2.24, 2.45) is 5.73 Å². The standard InChI is InChI=1S/C19H31N3O/c1-15(2)21(13-17-9-5-4-6-10-17)14-18-11-7-8-12-22(18)19(23)16(3)20/h4-6,9-10,15-16,18H,7-8,11-14,20H2,1-3H3/t16-,18-/m0/s1. The van der Waals surface area contributed by atoms with E-state index in [-0.39, 0.29) is 11.9 Å². The Bertz CT molecular complexity index is 487. The summed E-state index contributed by atoms with van der Waals surface area (Å²) in [6.45, 7) is 8.94. The predicted octanol–water partition coefficient (Wildman–Crippen LogP) is 2.63. The molecule has 0 spiro atoms. The highest BCUT2D eigenvalue weighted by atomic mass is 16.2. The van der Waals surface area contributed by atoms with Crippen molar-refractivity contribution in [2.75, 3.05) is 13.1 Å². The van der Waals surface area contributed by atoms with E-state index in [9.17, 15) is 4.79 Å². The molecule has 0 bridgehead atoms. The first-order valence-corrected chi connectivity index (χ1v) is 8.83. The monoisotopic (exact) mass is 317 g/mol. The van der Waals surface area contributed by atoms with Gasteiger partial charge in [-0.1, -0.05) is 30.3 Å². The van der Waals surface area contributed by atoms with E-state index >= 15 is 0 Å². The lowest BCUT2D eigenvalue weighted by molar-refractivity contribution is -0.136. The summed E-state index contributed by atoms with van der Waals surface area (Å²) in [6, 6.07) is 10.9. The maximum Gasteiger partial charge on any atom is 0.239 e. The van der Waals surface area contributed by atoms with Gasteiger partial charge in [0.15, 0.2) is 0 Å². The van der Waals surface area contributed by atoms with Crippen molar-refractivity contribution in [1.82, 2.24) is 9.80 Å². The molecule has 2 rings (SSSR count). The van der Waals surface area contributed by atoms with Gasteiger partial charge in [0.2, 0.25) is 5.91 Å². The Morgan fingerprint density at radius 3 is 2.57 bits per heavy atom. The maximum atomic E-state index is 12.4. The SMILES string of the molecule is CC(C)N(Cc1ccccc1)C[C@@H]1CCCCN1C(=O)[C@H](C)N. The third-order valence-corrected chi connectivity index (χ3v) is 4.70. The third kappa shape index (κ3) is 5.05. The lowest BCUT2D eigenvalue weighted by atomic mass is 9.99. The Labute approximate surface area is 140 Å². The van der Waals surface area contributed by atoms with Gasteiger partial charge in [0, 0.05) is 31.7 Å². The molecule has 23 heavy (non-hydrogen) atoms. The second-order valence-corrected chi connectivity index (χ2v) is 6.98. The first-order valence-electron chi connectivity index (χ1n) is 8.83. The molecule has 4 nitrogen and oxygen atoms in total. The topological polar surface area (TPSA) is 49.6 Å². The van der Waals surface area contributed by atoms with Crippen LogP contribution in [0.5, 0.6) is 0 Å². The van der Waals surface area contributed by atoms with Crippen LogP contribution in [0.4, 0.5) is 0 Å². The molecule has 4 heteroatoms. The van der Waals surface area contributed by atoms with E-state index in [1.54, 1.807) is 6.92 Å². The Morgan fingerprint density at radius 2 is 1.96 bits per heavy atom. The molecule has 0 aliphatic carbocycles. The molecule has 1 aliphatic rings. The van der Waals surface area contributed by atoms with E-state index in [1.807, 2.05) is 11.0 Å². The Hall–Kier alpha value is -1.39. The summed E-state index contributed by atoms with van der Waals surface area (Å²) in [6.07, 6.45) is 3.37. The van der Waals surface area contributed by atoms with Crippen LogP contribution in [0.3, 0.4) is 0 Å². The zero-order chi connectivity index (χ0) is 16.8. The Kier molecular flexibility index (Phi) is 6.60. The molecule has 0 aromatic heterocycles. The van der Waals surface area contributed by atoms with E-state index in [4.69, 9.17) is 5.73 Å². The van der Waals surface area contributed by atoms with Gasteiger partial charge < -0.3 is 10.6 Å². The first kappa shape index (κ1) is 18.0. The van der Waals surface area contributed by atoms with Crippen molar-refractivity contribution in [2.45, 2.75) is 64.7 Å². The predicted molar refractivity (Wildman–Crippen MR) is 95.0 cm³/mol. The van der Waals surface area contributed by atoms with Gasteiger partial charge in [0.25, 0.3) is 0 Å². The van der Waals surface area contributed by atoms with E-state index in [0.29, 0.717) is 6.04 Å². The number of hydrogen-bond donors (Lipinski definition) is 1. The average Bonchev–Trinajstić information content (AvgIpc) is 2.55. The van der Waals surface area contributed by atoms with E-state index in [0.717, 1.165) is 32.5 Å². The summed E-state index contributed by atoms with van der Waals surface area (Å²) in [5, 5.41) is 0. The fourth-order valence-corrected chi connectivity index (χ4v) is 3.29. The number of nitrogens with two attached hydrogens (primary N) is 1. The zero-order valence-electron chi connectivity index (χ0n) is 14.7. The summed E-state index contributed by atoms with van der Waals surface area (Å²) in [4.78, 5) is 16.9. The second kappa shape index (κ2) is 8.46. The number of carbonyl (C=O) groups excluding carboxylic acids is 1. The Balaban J connectivity index is 2.06. The molecule has 128 valence electrons. The summed E-state index contributed by atoms with van der Waals surface area (Å²) in [5.41, 5.74) is 7.16. The lowest BCUT2D eigenvalue weighted by Crippen LogP contribution is -2.54. The summed E-state index contributed by atoms with van der Waals surface area (Å²) < 4.78 is 0. The fraction of sp³-hybridized carbons (Fsp3) is 0.632. The van der Waals surface area contributed by atoms with Crippen LogP contribution >= 0.6 is 0 Å². The van der Waals surface area contributed by atoms with Crippen LogP contribution in [0.1, 0.15) is 45.6 Å². The molecule has 1 heterocycles. The number of piperidine rings is 1. The van der Waals surface area contributed by atoms with Gasteiger partial charge in [-0.15, -0.1) is 0 Å². The van der Waals surface area contributed by atoms with E-state index in [2.05, 4.69) is 43.0 Å². The van der Waals surface area contributed by atoms with Gasteiger partial charge in [-0.2, -0.15) is 0 Å². The van der Waals surface area contributed by atoms with Crippen molar-refractivity contribution in [3.8, 4) is 0 Å². The van der Waals surface area contributed by atoms with Gasteiger partial charge in [0.1, 0.15) is 0 Å². The highest BCUT2D eigenvalue weighted by molar-refractivity contribution is 5.81. The number of rotatable bonds is 6. The summed E-state index contributed by atoms with van der Waals surface area (Å²) in [5.74, 6) is 0.0955. The van der Waals surface area contributed by atoms with Crippen molar-refractivity contribution < 1.29 is 4.79 Å². The van der Waals surface area contributed by atoms with Crippen molar-refractivity contribution in [3.05, 3.63) is 35.9 Å². The molecule has 1 aliphatic heterocycles.